The van der Waals surface area contributed by atoms with E-state index >= 15 is 0 Å². The van der Waals surface area contributed by atoms with Crippen molar-refractivity contribution >= 4 is 23.7 Å². The molecule has 4 saturated carbocycles. The lowest BCUT2D eigenvalue weighted by Crippen LogP contribution is -2.58. The Morgan fingerprint density at radius 2 is 1.70 bits per heavy atom. The predicted molar refractivity (Wildman–Crippen MR) is 119 cm³/mol. The number of Topliss-reactive ketones (excluding diaryl/α,β-unsaturated/α-hetero) is 1. The van der Waals surface area contributed by atoms with Gasteiger partial charge in [0.2, 0.25) is 6.10 Å². The number of carbonyl (C=O) groups is 4. The van der Waals surface area contributed by atoms with E-state index in [1.165, 1.54) is 21.0 Å². The average Bonchev–Trinajstić information content (AvgIpc) is 3.07. The number of hydrogen-bond donors (Lipinski definition) is 0. The van der Waals surface area contributed by atoms with Gasteiger partial charge in [0.1, 0.15) is 11.9 Å². The van der Waals surface area contributed by atoms with Crippen molar-refractivity contribution in [2.45, 2.75) is 91.3 Å². The highest BCUT2D eigenvalue weighted by atomic mass is 16.6. The molecule has 0 aromatic carbocycles. The van der Waals surface area contributed by atoms with Crippen LogP contribution in [-0.2, 0) is 33.4 Å². The molecule has 184 valence electrons. The first-order valence-electron chi connectivity index (χ1n) is 12.5. The minimum Gasteiger partial charge on any atom is -0.466 e. The van der Waals surface area contributed by atoms with Gasteiger partial charge in [-0.2, -0.15) is 0 Å². The molecule has 0 aromatic rings. The van der Waals surface area contributed by atoms with Gasteiger partial charge in [-0.3, -0.25) is 14.4 Å². The summed E-state index contributed by atoms with van der Waals surface area (Å²) in [5.41, 5.74) is -0.460. The van der Waals surface area contributed by atoms with E-state index < -0.39 is 18.0 Å². The second kappa shape index (κ2) is 8.70. The average molecular weight is 463 g/mol. The molecule has 7 heteroatoms. The van der Waals surface area contributed by atoms with Crippen molar-refractivity contribution in [3.8, 4) is 0 Å². The van der Waals surface area contributed by atoms with Crippen LogP contribution in [-0.4, -0.2) is 43.0 Å². The number of ketones is 1. The van der Waals surface area contributed by atoms with Crippen LogP contribution >= 0.6 is 0 Å². The molecule has 4 rings (SSSR count). The Balaban J connectivity index is 1.59. The molecule has 0 spiro atoms. The Morgan fingerprint density at radius 1 is 0.970 bits per heavy atom. The predicted octanol–water partition coefficient (Wildman–Crippen LogP) is 3.86. The number of methoxy groups -OCH3 is 1. The second-order valence-electron chi connectivity index (χ2n) is 11.4. The number of carbonyl (C=O) groups excluding carboxylic acids is 4. The molecule has 9 atom stereocenters. The van der Waals surface area contributed by atoms with Crippen molar-refractivity contribution in [3.05, 3.63) is 0 Å². The van der Waals surface area contributed by atoms with Crippen LogP contribution in [0.4, 0.5) is 0 Å². The Kier molecular flexibility index (Phi) is 6.38. The molecule has 8 unspecified atom stereocenters. The van der Waals surface area contributed by atoms with Gasteiger partial charge in [0.15, 0.2) is 0 Å². The molecule has 0 heterocycles. The minimum atomic E-state index is -0.960. The standard InChI is InChI=1S/C26H38O7/c1-14(27)32-17-10-11-25(3)16(12-17)6-7-18-19-8-9-20(23(24(30)31-5)33-15(2)28)26(19,4)13-21(29)22(18)25/h16-20,22-23H,6-13H2,1-5H3/t16?,17-,18?,19?,20?,22?,23?,25?,26?/m1/s1. The number of ether oxygens (including phenoxy) is 3. The molecule has 0 amide bonds. The van der Waals surface area contributed by atoms with E-state index in [0.717, 1.165) is 44.9 Å². The Labute approximate surface area is 196 Å². The molecule has 33 heavy (non-hydrogen) atoms. The summed E-state index contributed by atoms with van der Waals surface area (Å²) in [4.78, 5) is 49.6. The van der Waals surface area contributed by atoms with Crippen LogP contribution < -0.4 is 0 Å². The van der Waals surface area contributed by atoms with E-state index in [4.69, 9.17) is 14.2 Å². The van der Waals surface area contributed by atoms with Gasteiger partial charge in [0.05, 0.1) is 7.11 Å². The highest BCUT2D eigenvalue weighted by molar-refractivity contribution is 5.85. The Morgan fingerprint density at radius 3 is 2.33 bits per heavy atom. The molecule has 0 radical (unpaired) electrons. The number of rotatable bonds is 4. The number of hydrogen-bond acceptors (Lipinski definition) is 7. The first-order chi connectivity index (χ1) is 15.5. The normalized spacial score (nSPS) is 42.9. The summed E-state index contributed by atoms with van der Waals surface area (Å²) in [6, 6.07) is 0. The third-order valence-corrected chi connectivity index (χ3v) is 9.80. The molecule has 0 aromatic heterocycles. The van der Waals surface area contributed by atoms with Gasteiger partial charge in [0.25, 0.3) is 0 Å². The Bertz CT molecular complexity index is 836. The maximum Gasteiger partial charge on any atom is 0.347 e. The van der Waals surface area contributed by atoms with E-state index in [1.807, 2.05) is 0 Å². The third kappa shape index (κ3) is 3.99. The van der Waals surface area contributed by atoms with Gasteiger partial charge < -0.3 is 14.2 Å². The summed E-state index contributed by atoms with van der Waals surface area (Å²) in [5.74, 6) is -0.208. The van der Waals surface area contributed by atoms with Gasteiger partial charge in [-0.05, 0) is 73.5 Å². The quantitative estimate of drug-likeness (QED) is 0.462. The maximum atomic E-state index is 13.8. The molecule has 0 N–H and O–H groups in total. The lowest BCUT2D eigenvalue weighted by atomic mass is 9.44. The number of esters is 3. The fourth-order valence-electron chi connectivity index (χ4n) is 8.50. The van der Waals surface area contributed by atoms with Crippen molar-refractivity contribution in [2.24, 2.45) is 40.4 Å². The molecule has 4 aliphatic rings. The molecule has 7 nitrogen and oxygen atoms in total. The summed E-state index contributed by atoms with van der Waals surface area (Å²) in [6.07, 6.45) is 5.65. The zero-order valence-electron chi connectivity index (χ0n) is 20.6. The molecule has 4 fully saturated rings. The van der Waals surface area contributed by atoms with Crippen molar-refractivity contribution in [1.29, 1.82) is 0 Å². The van der Waals surface area contributed by atoms with Crippen LogP contribution in [0.5, 0.6) is 0 Å². The van der Waals surface area contributed by atoms with E-state index in [0.29, 0.717) is 18.3 Å². The lowest BCUT2D eigenvalue weighted by Gasteiger charge is -2.60. The van der Waals surface area contributed by atoms with E-state index in [-0.39, 0.29) is 46.4 Å². The fraction of sp³-hybridized carbons (Fsp3) is 0.846. The lowest BCUT2D eigenvalue weighted by molar-refractivity contribution is -0.180. The summed E-state index contributed by atoms with van der Waals surface area (Å²) in [6.45, 7) is 7.17. The van der Waals surface area contributed by atoms with Gasteiger partial charge in [0, 0.05) is 32.1 Å². The fourth-order valence-corrected chi connectivity index (χ4v) is 8.50. The van der Waals surface area contributed by atoms with Crippen LogP contribution in [0.15, 0.2) is 0 Å². The van der Waals surface area contributed by atoms with Crippen molar-refractivity contribution < 1.29 is 33.4 Å². The molecular weight excluding hydrogens is 424 g/mol. The topological polar surface area (TPSA) is 96.0 Å². The minimum absolute atomic E-state index is 0.0108. The summed E-state index contributed by atoms with van der Waals surface area (Å²) < 4.78 is 16.0. The molecule has 0 aliphatic heterocycles. The van der Waals surface area contributed by atoms with Crippen LogP contribution in [0.2, 0.25) is 0 Å². The van der Waals surface area contributed by atoms with Crippen molar-refractivity contribution in [1.82, 2.24) is 0 Å². The smallest absolute Gasteiger partial charge is 0.347 e. The second-order valence-corrected chi connectivity index (χ2v) is 11.4. The van der Waals surface area contributed by atoms with Crippen LogP contribution in [0, 0.1) is 40.4 Å². The molecule has 0 saturated heterocycles. The molecular formula is C26H38O7. The van der Waals surface area contributed by atoms with Crippen LogP contribution in [0.3, 0.4) is 0 Å². The summed E-state index contributed by atoms with van der Waals surface area (Å²) in [5, 5.41) is 0. The highest BCUT2D eigenvalue weighted by Gasteiger charge is 2.65. The largest absolute Gasteiger partial charge is 0.466 e. The first kappa shape index (κ1) is 24.2. The van der Waals surface area contributed by atoms with E-state index in [2.05, 4.69) is 13.8 Å². The van der Waals surface area contributed by atoms with Crippen molar-refractivity contribution in [2.75, 3.05) is 7.11 Å². The zero-order valence-corrected chi connectivity index (χ0v) is 20.6. The maximum absolute atomic E-state index is 13.8. The van der Waals surface area contributed by atoms with Gasteiger partial charge in [-0.15, -0.1) is 0 Å². The van der Waals surface area contributed by atoms with E-state index in [1.54, 1.807) is 0 Å². The highest BCUT2D eigenvalue weighted by Crippen LogP contribution is 2.67. The van der Waals surface area contributed by atoms with Crippen LogP contribution in [0.25, 0.3) is 0 Å². The SMILES string of the molecule is COC(=O)C(OC(C)=O)C1CCC2C3CCC4C[C@H](OC(C)=O)CCC4(C)C3C(=O)CC12C. The molecule has 4 aliphatic carbocycles. The third-order valence-electron chi connectivity index (χ3n) is 9.80. The summed E-state index contributed by atoms with van der Waals surface area (Å²) in [7, 11) is 1.31. The van der Waals surface area contributed by atoms with Gasteiger partial charge in [-0.25, -0.2) is 4.79 Å². The van der Waals surface area contributed by atoms with Crippen molar-refractivity contribution in [3.63, 3.8) is 0 Å². The van der Waals surface area contributed by atoms with Gasteiger partial charge in [-0.1, -0.05) is 13.8 Å². The zero-order chi connectivity index (χ0) is 24.1. The monoisotopic (exact) mass is 462 g/mol. The number of fused-ring (bicyclic) bond motifs is 5. The molecule has 0 bridgehead atoms. The van der Waals surface area contributed by atoms with Crippen LogP contribution in [0.1, 0.15) is 79.1 Å². The first-order valence-corrected chi connectivity index (χ1v) is 12.5. The van der Waals surface area contributed by atoms with E-state index in [9.17, 15) is 19.2 Å². The Hall–Kier alpha value is -1.92. The van der Waals surface area contributed by atoms with Gasteiger partial charge >= 0.3 is 17.9 Å². The summed E-state index contributed by atoms with van der Waals surface area (Å²) >= 11 is 0.